The molecule has 1 aliphatic heterocycles. The topological polar surface area (TPSA) is 93.5 Å². The molecule has 4 N–H and O–H groups in total. The zero-order chi connectivity index (χ0) is 19.7. The molecule has 0 atom stereocenters. The molecule has 0 saturated carbocycles. The molecule has 1 heterocycles. The van der Waals surface area contributed by atoms with E-state index in [1.165, 1.54) is 12.1 Å². The van der Waals surface area contributed by atoms with Crippen molar-refractivity contribution in [1.29, 1.82) is 0 Å². The molecule has 0 amide bonds. The monoisotopic (exact) mass is 429 g/mol. The van der Waals surface area contributed by atoms with Gasteiger partial charge in [0.1, 0.15) is 11.5 Å². The third-order valence-electron chi connectivity index (χ3n) is 3.93. The molecular weight excluding hydrogens is 414 g/mol. The lowest BCUT2D eigenvalue weighted by molar-refractivity contribution is 0.455. The van der Waals surface area contributed by atoms with Gasteiger partial charge in [0.15, 0.2) is 5.11 Å². The van der Waals surface area contributed by atoms with Gasteiger partial charge in [-0.25, -0.2) is 13.6 Å². The van der Waals surface area contributed by atoms with Crippen LogP contribution in [0.2, 0.25) is 0 Å². The maximum Gasteiger partial charge on any atom is 0.238 e. The molecule has 4 rings (SSSR count). The number of rotatable bonds is 3. The minimum Gasteiger partial charge on any atom is -0.455 e. The van der Waals surface area contributed by atoms with Crippen LogP contribution in [-0.4, -0.2) is 13.5 Å². The van der Waals surface area contributed by atoms with Crippen molar-refractivity contribution < 1.29 is 13.2 Å². The molecule has 0 unspecified atom stereocenters. The van der Waals surface area contributed by atoms with Crippen LogP contribution in [0.25, 0.3) is 0 Å². The van der Waals surface area contributed by atoms with E-state index in [-0.39, 0.29) is 4.90 Å². The summed E-state index contributed by atoms with van der Waals surface area (Å²) in [7, 11) is -3.72. The predicted octanol–water partition coefficient (Wildman–Crippen LogP) is 4.40. The highest BCUT2D eigenvalue weighted by Crippen LogP contribution is 2.47. The van der Waals surface area contributed by atoms with Gasteiger partial charge in [-0.05, 0) is 60.7 Å². The molecular formula is C19H15N3O3S3. The van der Waals surface area contributed by atoms with Gasteiger partial charge >= 0.3 is 0 Å². The minimum atomic E-state index is -3.72. The Morgan fingerprint density at radius 1 is 0.893 bits per heavy atom. The van der Waals surface area contributed by atoms with Gasteiger partial charge < -0.3 is 15.4 Å². The average Bonchev–Trinajstić information content (AvgIpc) is 2.66. The van der Waals surface area contributed by atoms with Crippen molar-refractivity contribution >= 4 is 50.5 Å². The van der Waals surface area contributed by atoms with Crippen LogP contribution >= 0.6 is 24.0 Å². The van der Waals surface area contributed by atoms with E-state index >= 15 is 0 Å². The first-order chi connectivity index (χ1) is 13.4. The van der Waals surface area contributed by atoms with E-state index in [1.807, 2.05) is 42.5 Å². The van der Waals surface area contributed by atoms with Gasteiger partial charge in [-0.15, -0.1) is 0 Å². The number of para-hydroxylation sites is 1. The molecule has 9 heteroatoms. The number of thiocarbonyl (C=S) groups is 1. The summed E-state index contributed by atoms with van der Waals surface area (Å²) in [6, 6.07) is 19.7. The molecule has 0 spiro atoms. The summed E-state index contributed by atoms with van der Waals surface area (Å²) in [5, 5.41) is 11.6. The molecule has 28 heavy (non-hydrogen) atoms. The Morgan fingerprint density at radius 3 is 2.29 bits per heavy atom. The molecule has 3 aromatic carbocycles. The highest BCUT2D eigenvalue weighted by Gasteiger charge is 2.17. The second-order valence-electron chi connectivity index (χ2n) is 5.96. The highest BCUT2D eigenvalue weighted by molar-refractivity contribution is 7.99. The number of benzene rings is 3. The average molecular weight is 430 g/mol. The Kier molecular flexibility index (Phi) is 4.98. The number of hydrogen-bond acceptors (Lipinski definition) is 5. The third kappa shape index (κ3) is 4.12. The van der Waals surface area contributed by atoms with Crippen molar-refractivity contribution in [3.8, 4) is 11.5 Å². The van der Waals surface area contributed by atoms with Crippen molar-refractivity contribution in [2.75, 3.05) is 10.6 Å². The lowest BCUT2D eigenvalue weighted by Crippen LogP contribution is -2.19. The van der Waals surface area contributed by atoms with E-state index in [1.54, 1.807) is 23.9 Å². The number of nitrogens with one attached hydrogen (secondary N) is 2. The predicted molar refractivity (Wildman–Crippen MR) is 115 cm³/mol. The lowest BCUT2D eigenvalue weighted by Gasteiger charge is -2.20. The van der Waals surface area contributed by atoms with Crippen molar-refractivity contribution in [2.24, 2.45) is 5.14 Å². The largest absolute Gasteiger partial charge is 0.455 e. The van der Waals surface area contributed by atoms with Gasteiger partial charge in [0.2, 0.25) is 10.0 Å². The second-order valence-corrected chi connectivity index (χ2v) is 9.01. The van der Waals surface area contributed by atoms with Crippen LogP contribution in [-0.2, 0) is 10.0 Å². The Bertz CT molecular complexity index is 1160. The molecule has 0 radical (unpaired) electrons. The van der Waals surface area contributed by atoms with Gasteiger partial charge in [-0.2, -0.15) is 0 Å². The third-order valence-corrected chi connectivity index (χ3v) is 6.18. The Morgan fingerprint density at radius 2 is 1.54 bits per heavy atom. The zero-order valence-electron chi connectivity index (χ0n) is 14.4. The summed E-state index contributed by atoms with van der Waals surface area (Å²) < 4.78 is 28.6. The van der Waals surface area contributed by atoms with E-state index in [2.05, 4.69) is 10.6 Å². The molecule has 0 fully saturated rings. The number of fused-ring (bicyclic) bond motifs is 2. The number of sulfonamides is 1. The molecule has 0 bridgehead atoms. The molecule has 142 valence electrons. The smallest absolute Gasteiger partial charge is 0.238 e. The van der Waals surface area contributed by atoms with Crippen molar-refractivity contribution in [3.63, 3.8) is 0 Å². The second kappa shape index (κ2) is 7.44. The fourth-order valence-electron chi connectivity index (χ4n) is 2.63. The van der Waals surface area contributed by atoms with E-state index in [4.69, 9.17) is 22.1 Å². The quantitative estimate of drug-likeness (QED) is 0.416. The van der Waals surface area contributed by atoms with E-state index < -0.39 is 10.0 Å². The van der Waals surface area contributed by atoms with Gasteiger partial charge in [-0.1, -0.05) is 23.9 Å². The maximum absolute atomic E-state index is 11.3. The van der Waals surface area contributed by atoms with Gasteiger partial charge in [0, 0.05) is 17.4 Å². The maximum atomic E-state index is 11.3. The Labute approximate surface area is 172 Å². The van der Waals surface area contributed by atoms with Crippen molar-refractivity contribution in [1.82, 2.24) is 0 Å². The van der Waals surface area contributed by atoms with Crippen molar-refractivity contribution in [2.45, 2.75) is 14.7 Å². The van der Waals surface area contributed by atoms with E-state index in [0.717, 1.165) is 27.0 Å². The van der Waals surface area contributed by atoms with Gasteiger partial charge in [0.05, 0.1) is 14.7 Å². The molecule has 0 saturated heterocycles. The number of hydrogen-bond donors (Lipinski definition) is 3. The first-order valence-electron chi connectivity index (χ1n) is 8.18. The molecule has 6 nitrogen and oxygen atoms in total. The fourth-order valence-corrected chi connectivity index (χ4v) is 4.31. The summed E-state index contributed by atoms with van der Waals surface area (Å²) in [6.07, 6.45) is 0. The Balaban J connectivity index is 1.44. The normalized spacial score (nSPS) is 12.3. The Hall–Kier alpha value is -2.59. The summed E-state index contributed by atoms with van der Waals surface area (Å²) >= 11 is 6.99. The van der Waals surface area contributed by atoms with Crippen LogP contribution in [0.3, 0.4) is 0 Å². The first-order valence-corrected chi connectivity index (χ1v) is 11.0. The number of primary sulfonamides is 1. The van der Waals surface area contributed by atoms with Crippen LogP contribution < -0.4 is 20.5 Å². The minimum absolute atomic E-state index is 0.0431. The summed E-state index contributed by atoms with van der Waals surface area (Å²) in [6.45, 7) is 0. The zero-order valence-corrected chi connectivity index (χ0v) is 16.8. The number of anilines is 2. The van der Waals surface area contributed by atoms with Crippen LogP contribution in [0, 0.1) is 0 Å². The van der Waals surface area contributed by atoms with E-state index in [0.29, 0.717) is 10.8 Å². The van der Waals surface area contributed by atoms with Crippen LogP contribution in [0.1, 0.15) is 0 Å². The molecule has 0 aromatic heterocycles. The fraction of sp³-hybridized carbons (Fsp3) is 0. The standard InChI is InChI=1S/C19H15N3O3S3/c20-28(23,24)14-8-5-12(6-9-14)21-19(26)22-13-7-10-18-16(11-13)25-15-3-1-2-4-17(15)27-18/h1-11H,(H2,20,23,24)(H2,21,22,26). The van der Waals surface area contributed by atoms with Crippen LogP contribution in [0.4, 0.5) is 11.4 Å². The highest BCUT2D eigenvalue weighted by atomic mass is 32.2. The first kappa shape index (κ1) is 18.8. The molecule has 1 aliphatic rings. The number of ether oxygens (including phenoxy) is 1. The summed E-state index contributed by atoms with van der Waals surface area (Å²) in [5.74, 6) is 1.59. The van der Waals surface area contributed by atoms with E-state index in [9.17, 15) is 8.42 Å². The summed E-state index contributed by atoms with van der Waals surface area (Å²) in [5.41, 5.74) is 1.42. The number of nitrogens with two attached hydrogens (primary N) is 1. The summed E-state index contributed by atoms with van der Waals surface area (Å²) in [4.78, 5) is 2.15. The van der Waals surface area contributed by atoms with Crippen LogP contribution in [0.5, 0.6) is 11.5 Å². The molecule has 3 aromatic rings. The van der Waals surface area contributed by atoms with Crippen LogP contribution in [0.15, 0.2) is 81.4 Å². The lowest BCUT2D eigenvalue weighted by atomic mass is 10.3. The van der Waals surface area contributed by atoms with Crippen molar-refractivity contribution in [3.05, 3.63) is 66.7 Å². The van der Waals surface area contributed by atoms with Gasteiger partial charge in [0.25, 0.3) is 0 Å². The SMILES string of the molecule is NS(=O)(=O)c1ccc(NC(=S)Nc2ccc3c(c2)Oc2ccccc2S3)cc1. The molecule has 0 aliphatic carbocycles. The van der Waals surface area contributed by atoms with Gasteiger partial charge in [-0.3, -0.25) is 0 Å².